The fourth-order valence-electron chi connectivity index (χ4n) is 0.0833. The van der Waals surface area contributed by atoms with E-state index in [0.717, 1.165) is 0 Å². The summed E-state index contributed by atoms with van der Waals surface area (Å²) in [5, 5.41) is 0. The van der Waals surface area contributed by atoms with Crippen molar-refractivity contribution >= 4 is 12.6 Å². The molecule has 0 aromatic carbocycles. The minimum atomic E-state index is -0.657. The average Bonchev–Trinajstić information content (AvgIpc) is 1.88. The van der Waals surface area contributed by atoms with Gasteiger partial charge in [0.15, 0.2) is 0 Å². The third-order valence-electron chi connectivity index (χ3n) is 0.333. The van der Waals surface area contributed by atoms with Crippen LogP contribution in [0.1, 0.15) is 0 Å². The summed E-state index contributed by atoms with van der Waals surface area (Å²) in [5.74, 6) is 0. The molecule has 0 aromatic heterocycles. The van der Waals surface area contributed by atoms with E-state index < -0.39 is 6.16 Å². The van der Waals surface area contributed by atoms with Crippen LogP contribution in [-0.2, 0) is 14.3 Å². The predicted molar refractivity (Wildman–Crippen MR) is 29.7 cm³/mol. The predicted octanol–water partition coefficient (Wildman–Crippen LogP) is -0.499. The minimum Gasteiger partial charge on any atom is -0.438 e. The minimum absolute atomic E-state index is 0.250. The van der Waals surface area contributed by atoms with E-state index in [-0.39, 0.29) is 6.41 Å². The van der Waals surface area contributed by atoms with E-state index in [1.165, 1.54) is 14.2 Å². The van der Waals surface area contributed by atoms with E-state index >= 15 is 0 Å². The number of methoxy groups -OCH3 is 2. The average molecular weight is 135 g/mol. The molecule has 2 N–H and O–H groups in total. The van der Waals surface area contributed by atoms with Crippen LogP contribution in [0, 0.1) is 0 Å². The normalized spacial score (nSPS) is 6.00. The number of primary amides is 1. The molecule has 54 valence electrons. The van der Waals surface area contributed by atoms with Crippen molar-refractivity contribution in [1.29, 1.82) is 0 Å². The molecule has 0 spiro atoms. The maximum Gasteiger partial charge on any atom is 0.507 e. The Morgan fingerprint density at radius 3 is 1.67 bits per heavy atom. The molecule has 0 rings (SSSR count). The Morgan fingerprint density at radius 2 is 1.67 bits per heavy atom. The first-order chi connectivity index (χ1) is 4.22. The van der Waals surface area contributed by atoms with Crippen LogP contribution < -0.4 is 5.73 Å². The smallest absolute Gasteiger partial charge is 0.438 e. The molecule has 0 radical (unpaired) electrons. The molecule has 1 amide bonds. The molecule has 0 aliphatic carbocycles. The molecular weight excluding hydrogens is 126 g/mol. The maximum absolute atomic E-state index is 9.74. The fourth-order valence-corrected chi connectivity index (χ4v) is 0.0833. The van der Waals surface area contributed by atoms with E-state index in [9.17, 15) is 4.79 Å². The van der Waals surface area contributed by atoms with Crippen molar-refractivity contribution in [2.24, 2.45) is 5.73 Å². The molecule has 9 heavy (non-hydrogen) atoms. The zero-order valence-corrected chi connectivity index (χ0v) is 5.29. The van der Waals surface area contributed by atoms with Gasteiger partial charge in [-0.05, 0) is 0 Å². The van der Waals surface area contributed by atoms with Crippen LogP contribution in [0.5, 0.6) is 0 Å². The third-order valence-corrected chi connectivity index (χ3v) is 0.333. The molecular formula is C4H9NO4. The summed E-state index contributed by atoms with van der Waals surface area (Å²) in [6.45, 7) is 0. The summed E-state index contributed by atoms with van der Waals surface area (Å²) in [7, 11) is 2.51. The van der Waals surface area contributed by atoms with Crippen LogP contribution in [0.2, 0.25) is 0 Å². The number of carbonyl (C=O) groups excluding carboxylic acids is 2. The zero-order valence-electron chi connectivity index (χ0n) is 5.29. The van der Waals surface area contributed by atoms with Crippen LogP contribution in [0.3, 0.4) is 0 Å². The van der Waals surface area contributed by atoms with Crippen LogP contribution in [-0.4, -0.2) is 26.8 Å². The van der Waals surface area contributed by atoms with E-state index in [4.69, 9.17) is 4.79 Å². The highest BCUT2D eigenvalue weighted by molar-refractivity contribution is 5.59. The Labute approximate surface area is 52.7 Å². The summed E-state index contributed by atoms with van der Waals surface area (Å²) >= 11 is 0. The van der Waals surface area contributed by atoms with Crippen molar-refractivity contribution in [2.75, 3.05) is 14.2 Å². The second-order valence-electron chi connectivity index (χ2n) is 0.794. The highest BCUT2D eigenvalue weighted by Crippen LogP contribution is 1.72. The zero-order chi connectivity index (χ0) is 7.70. The van der Waals surface area contributed by atoms with E-state index in [1.54, 1.807) is 0 Å². The lowest BCUT2D eigenvalue weighted by Crippen LogP contribution is -1.97. The van der Waals surface area contributed by atoms with Crippen molar-refractivity contribution in [1.82, 2.24) is 0 Å². The van der Waals surface area contributed by atoms with E-state index in [2.05, 4.69) is 15.2 Å². The standard InChI is InChI=1S/C3H6O3.CH3NO/c1-5-3(4)6-2;2-1-3/h1-2H3;1H,(H2,2,3). The molecule has 5 nitrogen and oxygen atoms in total. The lowest BCUT2D eigenvalue weighted by Gasteiger charge is -1.89. The summed E-state index contributed by atoms with van der Waals surface area (Å²) in [5.41, 5.74) is 4.17. The van der Waals surface area contributed by atoms with Crippen LogP contribution in [0.15, 0.2) is 0 Å². The maximum atomic E-state index is 9.74. The highest BCUT2D eigenvalue weighted by atomic mass is 16.7. The van der Waals surface area contributed by atoms with Gasteiger partial charge in [-0.15, -0.1) is 0 Å². The molecule has 0 saturated carbocycles. The molecule has 0 aliphatic heterocycles. The summed E-state index contributed by atoms with van der Waals surface area (Å²) in [4.78, 5) is 18.3. The van der Waals surface area contributed by atoms with Gasteiger partial charge in [0.1, 0.15) is 0 Å². The molecule has 0 aromatic rings. The van der Waals surface area contributed by atoms with Gasteiger partial charge in [-0.2, -0.15) is 0 Å². The third kappa shape index (κ3) is 20.2. The first-order valence-corrected chi connectivity index (χ1v) is 2.00. The highest BCUT2D eigenvalue weighted by Gasteiger charge is 1.88. The quantitative estimate of drug-likeness (QED) is 0.358. The van der Waals surface area contributed by atoms with Gasteiger partial charge in [-0.1, -0.05) is 0 Å². The Hall–Kier alpha value is -1.26. The summed E-state index contributed by atoms with van der Waals surface area (Å²) < 4.78 is 8.08. The SMILES string of the molecule is COC(=O)OC.NC=O. The van der Waals surface area contributed by atoms with Crippen molar-refractivity contribution in [3.8, 4) is 0 Å². The first kappa shape index (κ1) is 10.7. The number of carbonyl (C=O) groups is 2. The van der Waals surface area contributed by atoms with Gasteiger partial charge in [0.05, 0.1) is 14.2 Å². The first-order valence-electron chi connectivity index (χ1n) is 2.00. The van der Waals surface area contributed by atoms with Crippen LogP contribution in [0.4, 0.5) is 4.79 Å². The molecule has 0 unspecified atom stereocenters. The fraction of sp³-hybridized carbons (Fsp3) is 0.500. The molecule has 0 saturated heterocycles. The van der Waals surface area contributed by atoms with E-state index in [1.807, 2.05) is 0 Å². The van der Waals surface area contributed by atoms with Gasteiger partial charge in [-0.3, -0.25) is 4.79 Å². The monoisotopic (exact) mass is 135 g/mol. The lowest BCUT2D eigenvalue weighted by atomic mass is 11.3. The molecule has 0 bridgehead atoms. The molecule has 0 atom stereocenters. The van der Waals surface area contributed by atoms with Crippen molar-refractivity contribution < 1.29 is 19.1 Å². The van der Waals surface area contributed by atoms with E-state index in [0.29, 0.717) is 0 Å². The van der Waals surface area contributed by atoms with Crippen molar-refractivity contribution in [2.45, 2.75) is 0 Å². The van der Waals surface area contributed by atoms with Crippen molar-refractivity contribution in [3.05, 3.63) is 0 Å². The summed E-state index contributed by atoms with van der Waals surface area (Å²) in [6, 6.07) is 0. The summed E-state index contributed by atoms with van der Waals surface area (Å²) in [6.07, 6.45) is -0.407. The van der Waals surface area contributed by atoms with Crippen LogP contribution in [0.25, 0.3) is 0 Å². The Balaban J connectivity index is 0. The number of hydrogen-bond acceptors (Lipinski definition) is 4. The van der Waals surface area contributed by atoms with Gasteiger partial charge in [0.25, 0.3) is 0 Å². The van der Waals surface area contributed by atoms with Gasteiger partial charge in [0, 0.05) is 0 Å². The largest absolute Gasteiger partial charge is 0.507 e. The Bertz CT molecular complexity index is 76.6. The van der Waals surface area contributed by atoms with Crippen molar-refractivity contribution in [3.63, 3.8) is 0 Å². The van der Waals surface area contributed by atoms with Crippen LogP contribution >= 0.6 is 0 Å². The molecule has 0 fully saturated rings. The number of rotatable bonds is 0. The van der Waals surface area contributed by atoms with Gasteiger partial charge in [-0.25, -0.2) is 4.79 Å². The van der Waals surface area contributed by atoms with Gasteiger partial charge >= 0.3 is 6.16 Å². The molecule has 0 heterocycles. The number of amides is 1. The molecule has 5 heteroatoms. The number of hydrogen-bond donors (Lipinski definition) is 1. The topological polar surface area (TPSA) is 78.6 Å². The Kier molecular flexibility index (Phi) is 11.7. The molecule has 0 aliphatic rings. The van der Waals surface area contributed by atoms with Gasteiger partial charge < -0.3 is 15.2 Å². The Morgan fingerprint density at radius 1 is 1.44 bits per heavy atom. The lowest BCUT2D eigenvalue weighted by molar-refractivity contribution is -0.106. The number of nitrogens with two attached hydrogens (primary N) is 1. The van der Waals surface area contributed by atoms with Gasteiger partial charge in [0.2, 0.25) is 6.41 Å². The second-order valence-corrected chi connectivity index (χ2v) is 0.794. The second kappa shape index (κ2) is 9.88. The number of ether oxygens (including phenoxy) is 2.